The zero-order chi connectivity index (χ0) is 9.10. The third kappa shape index (κ3) is 1.74. The number of anilines is 1. The largest absolute Gasteiger partial charge is 0.375 e. The quantitative estimate of drug-likeness (QED) is 0.675. The summed E-state index contributed by atoms with van der Waals surface area (Å²) in [6.07, 6.45) is 5.01. The summed E-state index contributed by atoms with van der Waals surface area (Å²) in [6, 6.07) is 6.52. The van der Waals surface area contributed by atoms with E-state index >= 15 is 0 Å². The lowest BCUT2D eigenvalue weighted by Crippen LogP contribution is -2.06. The lowest BCUT2D eigenvalue weighted by molar-refractivity contribution is 0.906. The van der Waals surface area contributed by atoms with Crippen LogP contribution in [0.25, 0.3) is 0 Å². The average Bonchev–Trinajstić information content (AvgIpc) is 2.18. The van der Waals surface area contributed by atoms with Gasteiger partial charge in [-0.25, -0.2) is 0 Å². The maximum atomic E-state index is 3.74. The summed E-state index contributed by atoms with van der Waals surface area (Å²) in [6.45, 7) is 6.86. The summed E-state index contributed by atoms with van der Waals surface area (Å²) in [7, 11) is 0. The molecule has 0 aromatic heterocycles. The van der Waals surface area contributed by atoms with E-state index in [1.54, 1.807) is 0 Å². The van der Waals surface area contributed by atoms with Gasteiger partial charge >= 0.3 is 0 Å². The Bertz CT molecular complexity index is 315. The van der Waals surface area contributed by atoms with Crippen molar-refractivity contribution in [1.82, 2.24) is 0 Å². The number of rotatable bonds is 2. The van der Waals surface area contributed by atoms with E-state index in [4.69, 9.17) is 0 Å². The zero-order valence-corrected chi connectivity index (χ0v) is 7.64. The second kappa shape index (κ2) is 3.65. The van der Waals surface area contributed by atoms with Gasteiger partial charge in [-0.2, -0.15) is 0 Å². The number of allylic oxidation sites excluding steroid dienone is 1. The molecule has 0 saturated heterocycles. The maximum Gasteiger partial charge on any atom is 0.0883 e. The molecule has 1 heteroatoms. The molecule has 0 spiro atoms. The van der Waals surface area contributed by atoms with Crippen molar-refractivity contribution < 1.29 is 0 Å². The van der Waals surface area contributed by atoms with Crippen molar-refractivity contribution in [2.45, 2.75) is 19.3 Å². The minimum absolute atomic E-state index is 0.959. The first-order chi connectivity index (χ1) is 6.40. The summed E-state index contributed by atoms with van der Waals surface area (Å²) in [5, 5.41) is 3.16. The van der Waals surface area contributed by atoms with Crippen LogP contribution in [0.1, 0.15) is 17.5 Å². The first-order valence-corrected chi connectivity index (χ1v) is 4.62. The number of hydrogen-bond donors (Lipinski definition) is 1. The first-order valence-electron chi connectivity index (χ1n) is 4.62. The van der Waals surface area contributed by atoms with Crippen LogP contribution in [0.15, 0.2) is 30.9 Å². The van der Waals surface area contributed by atoms with Gasteiger partial charge in [0.15, 0.2) is 0 Å². The maximum absolute atomic E-state index is 3.74. The average molecular weight is 171 g/mol. The van der Waals surface area contributed by atoms with Crippen molar-refractivity contribution in [1.29, 1.82) is 0 Å². The Morgan fingerprint density at radius 1 is 1.54 bits per heavy atom. The zero-order valence-electron chi connectivity index (χ0n) is 7.64. The van der Waals surface area contributed by atoms with Crippen LogP contribution < -0.4 is 5.32 Å². The highest BCUT2D eigenvalue weighted by Gasteiger charge is 2.08. The van der Waals surface area contributed by atoms with Crippen LogP contribution in [-0.4, -0.2) is 0 Å². The molecule has 1 heterocycles. The molecule has 2 rings (SSSR count). The van der Waals surface area contributed by atoms with E-state index in [0.717, 1.165) is 19.3 Å². The molecule has 0 atom stereocenters. The topological polar surface area (TPSA) is 12.0 Å². The molecule has 2 radical (unpaired) electrons. The molecule has 0 saturated carbocycles. The second-order valence-electron chi connectivity index (χ2n) is 3.29. The third-order valence-electron chi connectivity index (χ3n) is 2.29. The molecule has 1 nitrogen and oxygen atoms in total. The van der Waals surface area contributed by atoms with Gasteiger partial charge in [0, 0.05) is 5.69 Å². The minimum Gasteiger partial charge on any atom is -0.375 e. The summed E-state index contributed by atoms with van der Waals surface area (Å²) in [4.78, 5) is 0. The third-order valence-corrected chi connectivity index (χ3v) is 2.29. The Balaban J connectivity index is 2.29. The van der Waals surface area contributed by atoms with Crippen LogP contribution in [0.3, 0.4) is 0 Å². The highest BCUT2D eigenvalue weighted by Crippen LogP contribution is 2.24. The van der Waals surface area contributed by atoms with Crippen molar-refractivity contribution in [3.63, 3.8) is 0 Å². The van der Waals surface area contributed by atoms with E-state index in [1.165, 1.54) is 16.8 Å². The lowest BCUT2D eigenvalue weighted by Gasteiger charge is -2.17. The van der Waals surface area contributed by atoms with Crippen LogP contribution in [0.2, 0.25) is 0 Å². The molecule has 1 aromatic carbocycles. The van der Waals surface area contributed by atoms with Crippen molar-refractivity contribution in [3.8, 4) is 0 Å². The van der Waals surface area contributed by atoms with Crippen LogP contribution in [0.5, 0.6) is 0 Å². The van der Waals surface area contributed by atoms with Gasteiger partial charge in [-0.1, -0.05) is 18.2 Å². The first kappa shape index (κ1) is 8.36. The molecule has 0 bridgehead atoms. The second-order valence-corrected chi connectivity index (χ2v) is 3.29. The van der Waals surface area contributed by atoms with Crippen LogP contribution in [-0.2, 0) is 12.8 Å². The summed E-state index contributed by atoms with van der Waals surface area (Å²) >= 11 is 0. The molecular weight excluding hydrogens is 158 g/mol. The van der Waals surface area contributed by atoms with Crippen molar-refractivity contribution in [2.24, 2.45) is 0 Å². The summed E-state index contributed by atoms with van der Waals surface area (Å²) < 4.78 is 0. The molecule has 13 heavy (non-hydrogen) atoms. The fraction of sp³-hybridized carbons (Fsp3) is 0.250. The smallest absolute Gasteiger partial charge is 0.0883 e. The fourth-order valence-electron chi connectivity index (χ4n) is 1.62. The number of aryl methyl sites for hydroxylation is 1. The Morgan fingerprint density at radius 2 is 2.46 bits per heavy atom. The number of hydrogen-bond acceptors (Lipinski definition) is 1. The number of benzene rings is 1. The molecule has 0 fully saturated rings. The molecule has 1 aromatic rings. The van der Waals surface area contributed by atoms with E-state index in [9.17, 15) is 0 Å². The summed E-state index contributed by atoms with van der Waals surface area (Å²) in [5.41, 5.74) is 3.95. The highest BCUT2D eigenvalue weighted by atomic mass is 14.9. The van der Waals surface area contributed by atoms with Crippen molar-refractivity contribution in [2.75, 3.05) is 5.32 Å². The van der Waals surface area contributed by atoms with E-state index in [1.807, 2.05) is 6.08 Å². The summed E-state index contributed by atoms with van der Waals surface area (Å²) in [5.74, 6) is 0. The number of fused-ring (bicyclic) bond motifs is 1. The predicted molar refractivity (Wildman–Crippen MR) is 55.5 cm³/mol. The highest BCUT2D eigenvalue weighted by molar-refractivity contribution is 5.55. The Kier molecular flexibility index (Phi) is 2.35. The number of nitrogens with one attached hydrogen (secondary N) is 1. The van der Waals surface area contributed by atoms with E-state index in [-0.39, 0.29) is 0 Å². The van der Waals surface area contributed by atoms with Crippen LogP contribution in [0, 0.1) is 6.54 Å². The molecule has 1 aliphatic heterocycles. The van der Waals surface area contributed by atoms with Gasteiger partial charge in [0.1, 0.15) is 0 Å². The van der Waals surface area contributed by atoms with E-state index < -0.39 is 0 Å². The molecule has 1 N–H and O–H groups in total. The van der Waals surface area contributed by atoms with E-state index in [2.05, 4.69) is 36.6 Å². The van der Waals surface area contributed by atoms with Crippen LogP contribution >= 0.6 is 0 Å². The van der Waals surface area contributed by atoms with Gasteiger partial charge in [0.25, 0.3) is 0 Å². The monoisotopic (exact) mass is 171 g/mol. The van der Waals surface area contributed by atoms with Gasteiger partial charge in [0.05, 0.1) is 6.54 Å². The fourth-order valence-corrected chi connectivity index (χ4v) is 1.62. The van der Waals surface area contributed by atoms with Gasteiger partial charge in [-0.15, -0.1) is 6.58 Å². The molecule has 1 aliphatic rings. The lowest BCUT2D eigenvalue weighted by atomic mass is 10.00. The van der Waals surface area contributed by atoms with E-state index in [0.29, 0.717) is 0 Å². The SMILES string of the molecule is C=CCc1ccc2c(c1)CC[C]N2. The standard InChI is InChI=1S/C12H13N/c1-2-4-10-6-7-12-11(9-10)5-3-8-13-12/h2,6-7,9,13H,1,3-5H2. The molecular formula is C12H13N. The van der Waals surface area contributed by atoms with Gasteiger partial charge < -0.3 is 5.32 Å². The Labute approximate surface area is 79.5 Å². The normalized spacial score (nSPS) is 14.5. The van der Waals surface area contributed by atoms with Gasteiger partial charge in [-0.3, -0.25) is 0 Å². The Hall–Kier alpha value is -1.24. The predicted octanol–water partition coefficient (Wildman–Crippen LogP) is 2.81. The molecule has 0 amide bonds. The molecule has 66 valence electrons. The van der Waals surface area contributed by atoms with Gasteiger partial charge in [0.2, 0.25) is 0 Å². The van der Waals surface area contributed by atoms with Crippen molar-refractivity contribution >= 4 is 5.69 Å². The molecule has 0 unspecified atom stereocenters. The molecule has 0 aliphatic carbocycles. The Morgan fingerprint density at radius 3 is 3.31 bits per heavy atom. The van der Waals surface area contributed by atoms with Crippen LogP contribution in [0.4, 0.5) is 5.69 Å². The minimum atomic E-state index is 0.959. The van der Waals surface area contributed by atoms with Gasteiger partial charge in [-0.05, 0) is 36.5 Å². The van der Waals surface area contributed by atoms with Crippen molar-refractivity contribution in [3.05, 3.63) is 48.5 Å².